The van der Waals surface area contributed by atoms with Gasteiger partial charge in [-0.15, -0.1) is 0 Å². The molecule has 0 aliphatic heterocycles. The van der Waals surface area contributed by atoms with Gasteiger partial charge in [0.25, 0.3) is 0 Å². The van der Waals surface area contributed by atoms with E-state index >= 15 is 4.39 Å². The molecule has 0 bridgehead atoms. The normalized spacial score (nSPS) is 17.4. The molecule has 5 nitrogen and oxygen atoms in total. The van der Waals surface area contributed by atoms with Crippen molar-refractivity contribution in [3.05, 3.63) is 71.1 Å². The number of primary amides is 1. The van der Waals surface area contributed by atoms with E-state index < -0.39 is 23.2 Å². The lowest BCUT2D eigenvalue weighted by Crippen LogP contribution is -2.32. The molecule has 0 heterocycles. The highest BCUT2D eigenvalue weighted by Crippen LogP contribution is 2.50. The highest BCUT2D eigenvalue weighted by atomic mass is 19.1. The summed E-state index contributed by atoms with van der Waals surface area (Å²) in [6, 6.07) is 8.36. The molecule has 2 aliphatic carbocycles. The number of hydrogen-bond acceptors (Lipinski definition) is 3. The summed E-state index contributed by atoms with van der Waals surface area (Å²) in [5.74, 6) is -1.31. The van der Waals surface area contributed by atoms with Crippen molar-refractivity contribution in [2.75, 3.05) is 11.9 Å². The number of amides is 2. The molecule has 2 aromatic carbocycles. The Morgan fingerprint density at radius 3 is 2.61 bits per heavy atom. The standard InChI is InChI=1S/C27H29FN2O3/c1-5-23(31)30(4)22-8-6-7-19(25(22)28)18-11-12-20(26(29)32)21-14-15-13-16(27(2,3)33)9-10-17(15)24(18)21/h5-8,11-12,16,33H,1,9-10,13-14H2,2-4H3,(H2,29,32). The maximum absolute atomic E-state index is 15.7. The largest absolute Gasteiger partial charge is 0.390 e. The maximum Gasteiger partial charge on any atom is 0.250 e. The van der Waals surface area contributed by atoms with Crippen LogP contribution in [-0.4, -0.2) is 29.6 Å². The van der Waals surface area contributed by atoms with Gasteiger partial charge >= 0.3 is 0 Å². The average Bonchev–Trinajstić information content (AvgIpc) is 3.16. The predicted molar refractivity (Wildman–Crippen MR) is 128 cm³/mol. The number of nitrogens with two attached hydrogens (primary N) is 1. The van der Waals surface area contributed by atoms with Gasteiger partial charge in [-0.25, -0.2) is 4.39 Å². The Labute approximate surface area is 193 Å². The van der Waals surface area contributed by atoms with E-state index in [-0.39, 0.29) is 11.6 Å². The predicted octanol–water partition coefficient (Wildman–Crippen LogP) is 4.62. The zero-order valence-electron chi connectivity index (χ0n) is 19.2. The summed E-state index contributed by atoms with van der Waals surface area (Å²) >= 11 is 0. The molecule has 0 saturated carbocycles. The molecular weight excluding hydrogens is 419 g/mol. The van der Waals surface area contributed by atoms with Crippen molar-refractivity contribution >= 4 is 23.1 Å². The van der Waals surface area contributed by atoms with E-state index in [2.05, 4.69) is 6.58 Å². The fraction of sp³-hybridized carbons (Fsp3) is 0.333. The fourth-order valence-electron chi connectivity index (χ4n) is 5.19. The Morgan fingerprint density at radius 1 is 1.24 bits per heavy atom. The first-order valence-electron chi connectivity index (χ1n) is 11.1. The molecule has 33 heavy (non-hydrogen) atoms. The van der Waals surface area contributed by atoms with Crippen molar-refractivity contribution in [1.29, 1.82) is 0 Å². The monoisotopic (exact) mass is 448 g/mol. The minimum atomic E-state index is -0.800. The van der Waals surface area contributed by atoms with Crippen LogP contribution in [0.3, 0.4) is 0 Å². The third-order valence-electron chi connectivity index (χ3n) is 7.07. The van der Waals surface area contributed by atoms with Crippen molar-refractivity contribution < 1.29 is 19.1 Å². The number of hydrogen-bond donors (Lipinski definition) is 2. The van der Waals surface area contributed by atoms with Gasteiger partial charge in [0.1, 0.15) is 0 Å². The van der Waals surface area contributed by atoms with Crippen LogP contribution < -0.4 is 10.6 Å². The molecule has 0 saturated heterocycles. The maximum atomic E-state index is 15.7. The van der Waals surface area contributed by atoms with Gasteiger partial charge in [-0.2, -0.15) is 0 Å². The molecule has 2 aromatic rings. The first-order chi connectivity index (χ1) is 15.5. The SMILES string of the molecule is C=CC(=O)N(C)c1cccc(-c2ccc(C(N)=O)c3c2C2=C(C3)CC(C(C)(C)O)CC2)c1F. The number of nitrogens with zero attached hydrogens (tertiary/aromatic N) is 1. The molecule has 2 aliphatic rings. The Bertz CT molecular complexity index is 1210. The first kappa shape index (κ1) is 22.9. The van der Waals surface area contributed by atoms with E-state index in [1.807, 2.05) is 13.8 Å². The Balaban J connectivity index is 1.88. The van der Waals surface area contributed by atoms with Crippen LogP contribution >= 0.6 is 0 Å². The molecule has 3 N–H and O–H groups in total. The lowest BCUT2D eigenvalue weighted by molar-refractivity contribution is -0.113. The molecule has 0 fully saturated rings. The van der Waals surface area contributed by atoms with Crippen LogP contribution in [0.4, 0.5) is 10.1 Å². The molecule has 0 aromatic heterocycles. The third-order valence-corrected chi connectivity index (χ3v) is 7.07. The van der Waals surface area contributed by atoms with E-state index in [4.69, 9.17) is 5.73 Å². The second-order valence-corrected chi connectivity index (χ2v) is 9.47. The highest BCUT2D eigenvalue weighted by molar-refractivity contribution is 6.02. The van der Waals surface area contributed by atoms with Gasteiger partial charge in [0.05, 0.1) is 11.3 Å². The number of carbonyl (C=O) groups excluding carboxylic acids is 2. The minimum absolute atomic E-state index is 0.115. The lowest BCUT2D eigenvalue weighted by atomic mass is 9.75. The van der Waals surface area contributed by atoms with Gasteiger partial charge < -0.3 is 15.7 Å². The Kier molecular flexibility index (Phi) is 5.74. The topological polar surface area (TPSA) is 83.6 Å². The Hall–Kier alpha value is -3.25. The molecule has 1 atom stereocenters. The molecule has 4 rings (SSSR count). The number of benzene rings is 2. The average molecular weight is 449 g/mol. The Morgan fingerprint density at radius 2 is 1.97 bits per heavy atom. The number of rotatable bonds is 5. The number of halogens is 1. The van der Waals surface area contributed by atoms with Gasteiger partial charge in [0.15, 0.2) is 5.82 Å². The zero-order valence-corrected chi connectivity index (χ0v) is 19.2. The molecular formula is C27H29FN2O3. The van der Waals surface area contributed by atoms with Crippen molar-refractivity contribution in [2.45, 2.75) is 45.1 Å². The summed E-state index contributed by atoms with van der Waals surface area (Å²) in [5, 5.41) is 10.6. The van der Waals surface area contributed by atoms with E-state index in [0.717, 1.165) is 42.0 Å². The summed E-state index contributed by atoms with van der Waals surface area (Å²) in [6.45, 7) is 7.13. The van der Waals surface area contributed by atoms with Crippen molar-refractivity contribution in [1.82, 2.24) is 0 Å². The van der Waals surface area contributed by atoms with Crippen LogP contribution in [0, 0.1) is 11.7 Å². The lowest BCUT2D eigenvalue weighted by Gasteiger charge is -2.33. The van der Waals surface area contributed by atoms with E-state index in [1.165, 1.54) is 17.5 Å². The third kappa shape index (κ3) is 3.89. The first-order valence-corrected chi connectivity index (χ1v) is 11.1. The smallest absolute Gasteiger partial charge is 0.250 e. The molecule has 6 heteroatoms. The molecule has 0 spiro atoms. The number of likely N-dealkylation sites (N-methyl/N-ethyl adjacent to an activating group) is 1. The van der Waals surface area contributed by atoms with Crippen molar-refractivity contribution in [3.8, 4) is 11.1 Å². The number of anilines is 1. The number of fused-ring (bicyclic) bond motifs is 2. The minimum Gasteiger partial charge on any atom is -0.390 e. The van der Waals surface area contributed by atoms with Gasteiger partial charge in [-0.05, 0) is 85.9 Å². The fourth-order valence-corrected chi connectivity index (χ4v) is 5.19. The zero-order chi connectivity index (χ0) is 24.1. The van der Waals surface area contributed by atoms with Gasteiger partial charge in [-0.1, -0.05) is 30.4 Å². The van der Waals surface area contributed by atoms with Crippen LogP contribution in [0.15, 0.2) is 48.6 Å². The number of allylic oxidation sites excluding steroid dienone is 2. The highest BCUT2D eigenvalue weighted by Gasteiger charge is 2.37. The van der Waals surface area contributed by atoms with E-state index in [0.29, 0.717) is 23.1 Å². The van der Waals surface area contributed by atoms with Crippen molar-refractivity contribution in [3.63, 3.8) is 0 Å². The van der Waals surface area contributed by atoms with Crippen LogP contribution in [0.25, 0.3) is 16.7 Å². The second kappa shape index (κ2) is 8.27. The van der Waals surface area contributed by atoms with E-state index in [1.54, 1.807) is 30.3 Å². The number of aliphatic hydroxyl groups is 1. The molecule has 172 valence electrons. The van der Waals surface area contributed by atoms with Crippen LogP contribution in [0.2, 0.25) is 0 Å². The van der Waals surface area contributed by atoms with Crippen LogP contribution in [0.1, 0.15) is 54.6 Å². The van der Waals surface area contributed by atoms with E-state index in [9.17, 15) is 14.7 Å². The number of carbonyl (C=O) groups is 2. The molecule has 0 radical (unpaired) electrons. The van der Waals surface area contributed by atoms with Crippen LogP contribution in [0.5, 0.6) is 0 Å². The second-order valence-electron chi connectivity index (χ2n) is 9.47. The van der Waals surface area contributed by atoms with Gasteiger partial charge in [0.2, 0.25) is 11.8 Å². The molecule has 2 amide bonds. The summed E-state index contributed by atoms with van der Waals surface area (Å²) in [6.07, 6.45) is 3.98. The van der Waals surface area contributed by atoms with Gasteiger partial charge in [-0.3, -0.25) is 9.59 Å². The summed E-state index contributed by atoms with van der Waals surface area (Å²) in [7, 11) is 1.51. The summed E-state index contributed by atoms with van der Waals surface area (Å²) in [4.78, 5) is 25.5. The summed E-state index contributed by atoms with van der Waals surface area (Å²) < 4.78 is 15.7. The van der Waals surface area contributed by atoms with Crippen LogP contribution in [-0.2, 0) is 11.2 Å². The van der Waals surface area contributed by atoms with Gasteiger partial charge in [0, 0.05) is 18.2 Å². The molecule has 1 unspecified atom stereocenters. The van der Waals surface area contributed by atoms with Crippen molar-refractivity contribution in [2.24, 2.45) is 11.7 Å². The summed E-state index contributed by atoms with van der Waals surface area (Å²) in [5.41, 5.74) is 10.5. The quantitative estimate of drug-likeness (QED) is 0.655.